The second kappa shape index (κ2) is 7.01. The number of rotatable bonds is 5. The molecule has 1 aromatic rings. The van der Waals surface area contributed by atoms with Gasteiger partial charge in [-0.2, -0.15) is 0 Å². The molecule has 106 valence electrons. The number of hydrogen-bond donors (Lipinski definition) is 1. The van der Waals surface area contributed by atoms with Crippen LogP contribution in [0.4, 0.5) is 4.39 Å². The molecule has 0 spiro atoms. The van der Waals surface area contributed by atoms with E-state index < -0.39 is 5.60 Å². The number of carbonyl (C=O) groups is 1. The fourth-order valence-corrected chi connectivity index (χ4v) is 1.89. The Labute approximate surface area is 121 Å². The number of nitrogens with one attached hydrogen (secondary N) is 1. The zero-order valence-electron chi connectivity index (χ0n) is 11.4. The highest BCUT2D eigenvalue weighted by Crippen LogP contribution is 2.15. The second-order valence-electron chi connectivity index (χ2n) is 5.25. The molecule has 5 heteroatoms. The standard InChI is InChI=1S/C14H19BrFNO2/c1-14(2,3)19-13(18)6-7-17-9-10-8-11(15)4-5-12(10)16/h4-5,8,17H,6-7,9H2,1-3H3. The minimum atomic E-state index is -0.465. The zero-order valence-corrected chi connectivity index (χ0v) is 13.0. The fraction of sp³-hybridized carbons (Fsp3) is 0.500. The van der Waals surface area contributed by atoms with Crippen LogP contribution < -0.4 is 5.32 Å². The quantitative estimate of drug-likeness (QED) is 0.663. The minimum absolute atomic E-state index is 0.255. The van der Waals surface area contributed by atoms with Gasteiger partial charge >= 0.3 is 5.97 Å². The van der Waals surface area contributed by atoms with E-state index in [0.29, 0.717) is 18.7 Å². The molecule has 3 nitrogen and oxygen atoms in total. The monoisotopic (exact) mass is 331 g/mol. The van der Waals surface area contributed by atoms with Gasteiger partial charge in [-0.25, -0.2) is 4.39 Å². The van der Waals surface area contributed by atoms with Crippen LogP contribution in [0.25, 0.3) is 0 Å². The molecule has 1 aromatic carbocycles. The fourth-order valence-electron chi connectivity index (χ4n) is 1.48. The Morgan fingerprint density at radius 3 is 2.74 bits per heavy atom. The first-order valence-corrected chi connectivity index (χ1v) is 6.94. The van der Waals surface area contributed by atoms with Gasteiger partial charge in [0.1, 0.15) is 11.4 Å². The van der Waals surface area contributed by atoms with E-state index in [-0.39, 0.29) is 18.2 Å². The molecule has 0 aliphatic rings. The topological polar surface area (TPSA) is 38.3 Å². The first-order valence-electron chi connectivity index (χ1n) is 6.14. The van der Waals surface area contributed by atoms with Crippen molar-refractivity contribution >= 4 is 21.9 Å². The lowest BCUT2D eigenvalue weighted by Gasteiger charge is -2.19. The molecule has 0 atom stereocenters. The first kappa shape index (κ1) is 16.1. The Balaban J connectivity index is 2.31. The van der Waals surface area contributed by atoms with Crippen LogP contribution in [-0.2, 0) is 16.1 Å². The normalized spacial score (nSPS) is 11.4. The molecular formula is C14H19BrFNO2. The van der Waals surface area contributed by atoms with Gasteiger partial charge in [-0.1, -0.05) is 15.9 Å². The lowest BCUT2D eigenvalue weighted by molar-refractivity contribution is -0.154. The van der Waals surface area contributed by atoms with E-state index in [9.17, 15) is 9.18 Å². The Bertz CT molecular complexity index is 444. The Morgan fingerprint density at radius 1 is 1.42 bits per heavy atom. The largest absolute Gasteiger partial charge is 0.460 e. The summed E-state index contributed by atoms with van der Waals surface area (Å²) in [5, 5.41) is 3.02. The summed E-state index contributed by atoms with van der Waals surface area (Å²) in [7, 11) is 0. The summed E-state index contributed by atoms with van der Waals surface area (Å²) in [5.74, 6) is -0.511. The SMILES string of the molecule is CC(C)(C)OC(=O)CCNCc1cc(Br)ccc1F. The van der Waals surface area contributed by atoms with E-state index >= 15 is 0 Å². The number of benzene rings is 1. The highest BCUT2D eigenvalue weighted by Gasteiger charge is 2.15. The predicted octanol–water partition coefficient (Wildman–Crippen LogP) is 3.41. The molecule has 0 saturated carbocycles. The van der Waals surface area contributed by atoms with Crippen molar-refractivity contribution in [1.29, 1.82) is 0 Å². The molecule has 0 radical (unpaired) electrons. The third-order valence-electron chi connectivity index (χ3n) is 2.25. The second-order valence-corrected chi connectivity index (χ2v) is 6.16. The zero-order chi connectivity index (χ0) is 14.5. The maximum absolute atomic E-state index is 13.4. The number of carbonyl (C=O) groups excluding carboxylic acids is 1. The Kier molecular flexibility index (Phi) is 5.94. The summed E-state index contributed by atoms with van der Waals surface area (Å²) >= 11 is 3.29. The van der Waals surface area contributed by atoms with E-state index in [1.54, 1.807) is 12.1 Å². The molecule has 0 amide bonds. The molecular weight excluding hydrogens is 313 g/mol. The number of esters is 1. The molecule has 1 N–H and O–H groups in total. The van der Waals surface area contributed by atoms with E-state index in [2.05, 4.69) is 21.2 Å². The van der Waals surface area contributed by atoms with Crippen molar-refractivity contribution in [2.24, 2.45) is 0 Å². The predicted molar refractivity (Wildman–Crippen MR) is 76.3 cm³/mol. The molecule has 0 aliphatic carbocycles. The van der Waals surface area contributed by atoms with E-state index in [4.69, 9.17) is 4.74 Å². The van der Waals surface area contributed by atoms with Crippen LogP contribution in [0.2, 0.25) is 0 Å². The first-order chi connectivity index (χ1) is 8.78. The molecule has 19 heavy (non-hydrogen) atoms. The minimum Gasteiger partial charge on any atom is -0.460 e. The van der Waals surface area contributed by atoms with Crippen LogP contribution in [0.3, 0.4) is 0 Å². The third-order valence-corrected chi connectivity index (χ3v) is 2.74. The van der Waals surface area contributed by atoms with E-state index in [0.717, 1.165) is 4.47 Å². The van der Waals surface area contributed by atoms with Crippen LogP contribution in [0, 0.1) is 5.82 Å². The van der Waals surface area contributed by atoms with Crippen LogP contribution in [0.1, 0.15) is 32.8 Å². The maximum atomic E-state index is 13.4. The summed E-state index contributed by atoms with van der Waals surface area (Å²) in [6.45, 7) is 6.33. The third kappa shape index (κ3) is 6.68. The number of halogens is 2. The maximum Gasteiger partial charge on any atom is 0.307 e. The van der Waals surface area contributed by atoms with Gasteiger partial charge in [0.05, 0.1) is 6.42 Å². The van der Waals surface area contributed by atoms with Crippen molar-refractivity contribution in [2.45, 2.75) is 39.3 Å². The average Bonchev–Trinajstić information content (AvgIpc) is 2.26. The molecule has 1 rings (SSSR count). The summed E-state index contributed by atoms with van der Waals surface area (Å²) in [6, 6.07) is 4.78. The van der Waals surface area contributed by atoms with Gasteiger partial charge < -0.3 is 10.1 Å². The summed E-state index contributed by atoms with van der Waals surface area (Å²) < 4.78 is 19.4. The number of ether oxygens (including phenoxy) is 1. The Hall–Kier alpha value is -0.940. The van der Waals surface area contributed by atoms with Crippen molar-refractivity contribution < 1.29 is 13.9 Å². The van der Waals surface area contributed by atoms with Crippen molar-refractivity contribution in [1.82, 2.24) is 5.32 Å². The molecule has 0 saturated heterocycles. The van der Waals surface area contributed by atoms with Gasteiger partial charge in [-0.15, -0.1) is 0 Å². The highest BCUT2D eigenvalue weighted by molar-refractivity contribution is 9.10. The van der Waals surface area contributed by atoms with Crippen LogP contribution in [0.5, 0.6) is 0 Å². The molecule has 0 fully saturated rings. The Morgan fingerprint density at radius 2 is 2.11 bits per heavy atom. The van der Waals surface area contributed by atoms with Crippen LogP contribution in [-0.4, -0.2) is 18.1 Å². The van der Waals surface area contributed by atoms with E-state index in [1.165, 1.54) is 6.07 Å². The highest BCUT2D eigenvalue weighted by atomic mass is 79.9. The van der Waals surface area contributed by atoms with Crippen molar-refractivity contribution in [3.63, 3.8) is 0 Å². The van der Waals surface area contributed by atoms with Crippen molar-refractivity contribution in [3.8, 4) is 0 Å². The van der Waals surface area contributed by atoms with Gasteiger partial charge in [0.15, 0.2) is 0 Å². The molecule has 0 unspecified atom stereocenters. The number of hydrogen-bond acceptors (Lipinski definition) is 3. The molecule has 0 aromatic heterocycles. The molecule has 0 aliphatic heterocycles. The van der Waals surface area contributed by atoms with Gasteiger partial charge in [0, 0.05) is 23.1 Å². The van der Waals surface area contributed by atoms with Crippen molar-refractivity contribution in [3.05, 3.63) is 34.1 Å². The average molecular weight is 332 g/mol. The van der Waals surface area contributed by atoms with E-state index in [1.807, 2.05) is 20.8 Å². The smallest absolute Gasteiger partial charge is 0.307 e. The summed E-state index contributed by atoms with van der Waals surface area (Å²) in [6.07, 6.45) is 0.271. The summed E-state index contributed by atoms with van der Waals surface area (Å²) in [4.78, 5) is 11.4. The lowest BCUT2D eigenvalue weighted by atomic mass is 10.2. The van der Waals surface area contributed by atoms with Gasteiger partial charge in [-0.3, -0.25) is 4.79 Å². The van der Waals surface area contributed by atoms with Crippen LogP contribution >= 0.6 is 15.9 Å². The lowest BCUT2D eigenvalue weighted by Crippen LogP contribution is -2.26. The van der Waals surface area contributed by atoms with Crippen LogP contribution in [0.15, 0.2) is 22.7 Å². The molecule has 0 heterocycles. The summed E-state index contributed by atoms with van der Waals surface area (Å²) in [5.41, 5.74) is 0.103. The van der Waals surface area contributed by atoms with Gasteiger partial charge in [0.2, 0.25) is 0 Å². The van der Waals surface area contributed by atoms with Crippen molar-refractivity contribution in [2.75, 3.05) is 6.54 Å². The molecule has 0 bridgehead atoms. The van der Waals surface area contributed by atoms with Gasteiger partial charge in [0.25, 0.3) is 0 Å². The van der Waals surface area contributed by atoms with Gasteiger partial charge in [-0.05, 0) is 39.0 Å².